The van der Waals surface area contributed by atoms with Crippen LogP contribution in [0.25, 0.3) is 0 Å². The maximum atomic E-state index is 5.77. The molecule has 2 aromatic rings. The second-order valence-corrected chi connectivity index (χ2v) is 6.99. The molecule has 4 heterocycles. The highest BCUT2D eigenvalue weighted by Gasteiger charge is 2.27. The average Bonchev–Trinajstić information content (AvgIpc) is 3.17. The molecule has 1 fully saturated rings. The van der Waals surface area contributed by atoms with Gasteiger partial charge in [-0.05, 0) is 45.0 Å². The average molecular weight is 314 g/mol. The van der Waals surface area contributed by atoms with Crippen molar-refractivity contribution >= 4 is 0 Å². The third-order valence-corrected chi connectivity index (χ3v) is 5.09. The van der Waals surface area contributed by atoms with Crippen molar-refractivity contribution in [3.63, 3.8) is 0 Å². The summed E-state index contributed by atoms with van der Waals surface area (Å²) in [5, 5.41) is 0. The Morgan fingerprint density at radius 2 is 2.04 bits per heavy atom. The van der Waals surface area contributed by atoms with E-state index < -0.39 is 0 Å². The summed E-state index contributed by atoms with van der Waals surface area (Å²) in [6.45, 7) is 8.55. The van der Waals surface area contributed by atoms with Gasteiger partial charge in [0.2, 0.25) is 0 Å². The van der Waals surface area contributed by atoms with E-state index in [0.717, 1.165) is 37.7 Å². The van der Waals surface area contributed by atoms with Crippen molar-refractivity contribution in [3.8, 4) is 0 Å². The molecule has 2 aliphatic rings. The van der Waals surface area contributed by atoms with Crippen LogP contribution in [-0.4, -0.2) is 45.5 Å². The first-order valence-corrected chi connectivity index (χ1v) is 8.78. The van der Waals surface area contributed by atoms with Gasteiger partial charge in [-0.15, -0.1) is 0 Å². The molecule has 2 aromatic heterocycles. The molecule has 124 valence electrons. The summed E-state index contributed by atoms with van der Waals surface area (Å²) in [6.07, 6.45) is 8.11. The molecule has 0 saturated carbocycles. The van der Waals surface area contributed by atoms with Crippen LogP contribution in [-0.2, 0) is 13.1 Å². The Kier molecular flexibility index (Phi) is 4.23. The lowest BCUT2D eigenvalue weighted by molar-refractivity contribution is 0.123. The maximum Gasteiger partial charge on any atom is 0.118 e. The third kappa shape index (κ3) is 3.35. The summed E-state index contributed by atoms with van der Waals surface area (Å²) >= 11 is 0. The molecule has 0 unspecified atom stereocenters. The van der Waals surface area contributed by atoms with Crippen LogP contribution in [0.4, 0.5) is 0 Å². The van der Waals surface area contributed by atoms with Crippen molar-refractivity contribution in [2.24, 2.45) is 0 Å². The highest BCUT2D eigenvalue weighted by Crippen LogP contribution is 2.24. The monoisotopic (exact) mass is 314 g/mol. The highest BCUT2D eigenvalue weighted by atomic mass is 16.3. The molecule has 5 heteroatoms. The number of piperidine rings is 1. The van der Waals surface area contributed by atoms with Crippen LogP contribution in [0, 0.1) is 6.92 Å². The molecular weight excluding hydrogens is 288 g/mol. The molecule has 0 radical (unpaired) electrons. The zero-order valence-corrected chi connectivity index (χ0v) is 13.9. The Bertz CT molecular complexity index is 641. The summed E-state index contributed by atoms with van der Waals surface area (Å²) < 4.78 is 8.15. The van der Waals surface area contributed by atoms with Crippen LogP contribution < -0.4 is 0 Å². The van der Waals surface area contributed by atoms with Gasteiger partial charge in [0.1, 0.15) is 11.5 Å². The van der Waals surface area contributed by atoms with E-state index in [1.165, 1.54) is 38.0 Å². The molecule has 0 bridgehead atoms. The lowest BCUT2D eigenvalue weighted by Gasteiger charge is -2.37. The van der Waals surface area contributed by atoms with Crippen molar-refractivity contribution in [1.82, 2.24) is 19.4 Å². The third-order valence-electron chi connectivity index (χ3n) is 5.09. The number of aromatic nitrogens is 2. The fourth-order valence-corrected chi connectivity index (χ4v) is 3.96. The predicted octanol–water partition coefficient (Wildman–Crippen LogP) is 2.83. The van der Waals surface area contributed by atoms with Crippen molar-refractivity contribution in [2.75, 3.05) is 26.2 Å². The van der Waals surface area contributed by atoms with E-state index in [9.17, 15) is 0 Å². The highest BCUT2D eigenvalue weighted by molar-refractivity contribution is 5.08. The molecule has 2 aliphatic heterocycles. The summed E-state index contributed by atoms with van der Waals surface area (Å²) in [5.74, 6) is 2.05. The molecule has 0 N–H and O–H groups in total. The Balaban J connectivity index is 1.47. The van der Waals surface area contributed by atoms with Crippen LogP contribution in [0.1, 0.15) is 42.5 Å². The first kappa shape index (κ1) is 15.0. The number of likely N-dealkylation sites (tertiary alicyclic amines) is 1. The molecule has 23 heavy (non-hydrogen) atoms. The number of aryl methyl sites for hydroxylation is 1. The zero-order chi connectivity index (χ0) is 15.6. The molecule has 0 aliphatic carbocycles. The van der Waals surface area contributed by atoms with Gasteiger partial charge in [-0.25, -0.2) is 4.98 Å². The molecule has 5 nitrogen and oxygen atoms in total. The minimum Gasteiger partial charge on any atom is -0.465 e. The van der Waals surface area contributed by atoms with E-state index >= 15 is 0 Å². The minimum absolute atomic E-state index is 0.496. The second kappa shape index (κ2) is 6.49. The number of imidazole rings is 1. The van der Waals surface area contributed by atoms with Gasteiger partial charge in [0.25, 0.3) is 0 Å². The fourth-order valence-electron chi connectivity index (χ4n) is 3.96. The molecule has 0 spiro atoms. The summed E-state index contributed by atoms with van der Waals surface area (Å²) in [5.41, 5.74) is 1.32. The first-order valence-electron chi connectivity index (χ1n) is 8.78. The maximum absolute atomic E-state index is 5.77. The summed E-state index contributed by atoms with van der Waals surface area (Å²) in [7, 11) is 0. The van der Waals surface area contributed by atoms with Crippen molar-refractivity contribution in [3.05, 3.63) is 41.9 Å². The molecular formula is C18H26N4O. The van der Waals surface area contributed by atoms with Gasteiger partial charge >= 0.3 is 0 Å². The van der Waals surface area contributed by atoms with E-state index in [1.807, 2.05) is 19.4 Å². The number of nitrogens with zero attached hydrogens (tertiary/aromatic N) is 4. The van der Waals surface area contributed by atoms with Crippen molar-refractivity contribution in [1.29, 1.82) is 0 Å². The number of furan rings is 1. The lowest BCUT2D eigenvalue weighted by atomic mass is 10.1. The number of rotatable bonds is 4. The molecule has 1 atom stereocenters. The van der Waals surface area contributed by atoms with Crippen LogP contribution in [0.2, 0.25) is 0 Å². The standard InChI is InChI=1S/C18H26N4O/c1-15-5-6-18(23-15)13-21-10-16-9-19-14-22(16)17(12-21)11-20-7-3-2-4-8-20/h5-6,9,14,17H,2-4,7-8,10-13H2,1H3/t17-/m1/s1. The second-order valence-electron chi connectivity index (χ2n) is 6.99. The number of fused-ring (bicyclic) bond motifs is 1. The first-order chi connectivity index (χ1) is 11.3. The van der Waals surface area contributed by atoms with E-state index in [2.05, 4.69) is 31.5 Å². The van der Waals surface area contributed by atoms with Gasteiger partial charge in [-0.3, -0.25) is 4.90 Å². The SMILES string of the molecule is Cc1ccc(CN2Cc3cncn3[C@H](CN3CCCCC3)C2)o1. The van der Waals surface area contributed by atoms with Crippen LogP contribution >= 0.6 is 0 Å². The molecule has 4 rings (SSSR count). The Morgan fingerprint density at radius 3 is 2.83 bits per heavy atom. The Hall–Kier alpha value is -1.59. The molecule has 0 aromatic carbocycles. The smallest absolute Gasteiger partial charge is 0.118 e. The quantitative estimate of drug-likeness (QED) is 0.870. The lowest BCUT2D eigenvalue weighted by Crippen LogP contribution is -2.43. The minimum atomic E-state index is 0.496. The normalized spacial score (nSPS) is 23.1. The van der Waals surface area contributed by atoms with E-state index in [4.69, 9.17) is 4.42 Å². The van der Waals surface area contributed by atoms with Gasteiger partial charge in [-0.2, -0.15) is 0 Å². The van der Waals surface area contributed by atoms with Crippen molar-refractivity contribution in [2.45, 2.75) is 45.3 Å². The van der Waals surface area contributed by atoms with Crippen LogP contribution in [0.5, 0.6) is 0 Å². The van der Waals surface area contributed by atoms with Crippen LogP contribution in [0.15, 0.2) is 29.1 Å². The topological polar surface area (TPSA) is 37.4 Å². The van der Waals surface area contributed by atoms with Gasteiger partial charge in [0.15, 0.2) is 0 Å². The fraction of sp³-hybridized carbons (Fsp3) is 0.611. The van der Waals surface area contributed by atoms with Gasteiger partial charge in [0.05, 0.1) is 24.6 Å². The Labute approximate surface area is 137 Å². The van der Waals surface area contributed by atoms with E-state index in [1.54, 1.807) is 0 Å². The number of hydrogen-bond donors (Lipinski definition) is 0. The van der Waals surface area contributed by atoms with Crippen molar-refractivity contribution < 1.29 is 4.42 Å². The van der Waals surface area contributed by atoms with E-state index in [0.29, 0.717) is 6.04 Å². The Morgan fingerprint density at radius 1 is 1.17 bits per heavy atom. The largest absolute Gasteiger partial charge is 0.465 e. The molecule has 1 saturated heterocycles. The van der Waals surface area contributed by atoms with Gasteiger partial charge < -0.3 is 13.9 Å². The van der Waals surface area contributed by atoms with Crippen LogP contribution in [0.3, 0.4) is 0 Å². The summed E-state index contributed by atoms with van der Waals surface area (Å²) in [4.78, 5) is 9.50. The summed E-state index contributed by atoms with van der Waals surface area (Å²) in [6, 6.07) is 4.64. The van der Waals surface area contributed by atoms with Gasteiger partial charge in [0, 0.05) is 25.8 Å². The number of hydrogen-bond acceptors (Lipinski definition) is 4. The van der Waals surface area contributed by atoms with Gasteiger partial charge in [-0.1, -0.05) is 6.42 Å². The predicted molar refractivity (Wildman–Crippen MR) is 89.1 cm³/mol. The molecule has 0 amide bonds. The van der Waals surface area contributed by atoms with E-state index in [-0.39, 0.29) is 0 Å². The zero-order valence-electron chi connectivity index (χ0n) is 13.9.